The van der Waals surface area contributed by atoms with Gasteiger partial charge in [-0.05, 0) is 12.8 Å². The number of aliphatic hydroxyl groups is 1. The molecule has 0 aromatic rings. The summed E-state index contributed by atoms with van der Waals surface area (Å²) in [5.74, 6) is -8.53. The van der Waals surface area contributed by atoms with Crippen molar-refractivity contribution in [1.82, 2.24) is 16.0 Å². The molecular formula is C17H27N5O11. The van der Waals surface area contributed by atoms with Crippen LogP contribution < -0.4 is 27.4 Å². The molecule has 33 heavy (non-hydrogen) atoms. The zero-order valence-electron chi connectivity index (χ0n) is 17.4. The number of carboxylic acid groups (broad SMARTS) is 3. The van der Waals surface area contributed by atoms with Crippen molar-refractivity contribution in [3.63, 3.8) is 0 Å². The smallest absolute Gasteiger partial charge is 0.328 e. The highest BCUT2D eigenvalue weighted by atomic mass is 16.4. The molecule has 0 aliphatic rings. The van der Waals surface area contributed by atoms with Crippen LogP contribution in [0.25, 0.3) is 0 Å². The van der Waals surface area contributed by atoms with Gasteiger partial charge in [0.2, 0.25) is 23.6 Å². The molecule has 0 radical (unpaired) electrons. The Morgan fingerprint density at radius 2 is 1.21 bits per heavy atom. The molecule has 186 valence electrons. The van der Waals surface area contributed by atoms with Gasteiger partial charge >= 0.3 is 17.9 Å². The van der Waals surface area contributed by atoms with Gasteiger partial charge in [0.25, 0.3) is 0 Å². The van der Waals surface area contributed by atoms with Crippen molar-refractivity contribution in [2.45, 2.75) is 56.3 Å². The molecule has 0 saturated heterocycles. The highest BCUT2D eigenvalue weighted by Gasteiger charge is 2.31. The molecule has 4 unspecified atom stereocenters. The Kier molecular flexibility index (Phi) is 12.7. The first-order valence-corrected chi connectivity index (χ1v) is 9.50. The number of carboxylic acids is 3. The normalized spacial score (nSPS) is 14.1. The standard InChI is InChI=1S/C17H27N5O11/c18-7(1-4-12(25)26)14(29)21-9(5-13(27)28)16(31)20-8(2-3-11(19)24)15(30)22-10(6-23)17(32)33/h7-10,23H,1-6,18H2,(H2,19,24)(H,20,31)(H,21,29)(H,22,30)(H,25,26)(H,27,28)(H,32,33). The van der Waals surface area contributed by atoms with E-state index < -0.39 is 98.0 Å². The maximum atomic E-state index is 12.6. The van der Waals surface area contributed by atoms with Crippen LogP contribution >= 0.6 is 0 Å². The van der Waals surface area contributed by atoms with E-state index in [9.17, 15) is 33.6 Å². The molecule has 16 nitrogen and oxygen atoms in total. The minimum atomic E-state index is -1.75. The lowest BCUT2D eigenvalue weighted by Crippen LogP contribution is -2.58. The Balaban J connectivity index is 5.47. The second-order valence-electron chi connectivity index (χ2n) is 6.85. The summed E-state index contributed by atoms with van der Waals surface area (Å²) in [6, 6.07) is -6.43. The molecule has 0 fully saturated rings. The molecule has 4 amide bonds. The van der Waals surface area contributed by atoms with Crippen LogP contribution in [0.1, 0.15) is 32.1 Å². The van der Waals surface area contributed by atoms with Crippen LogP contribution in [0.2, 0.25) is 0 Å². The number of amides is 4. The summed E-state index contributed by atoms with van der Waals surface area (Å²) in [6.45, 7) is -0.983. The summed E-state index contributed by atoms with van der Waals surface area (Å²) in [4.78, 5) is 80.8. The zero-order chi connectivity index (χ0) is 25.7. The van der Waals surface area contributed by atoms with Gasteiger partial charge in [-0.25, -0.2) is 4.79 Å². The largest absolute Gasteiger partial charge is 0.481 e. The van der Waals surface area contributed by atoms with Crippen LogP contribution in [-0.2, 0) is 33.6 Å². The third-order valence-electron chi connectivity index (χ3n) is 4.13. The second-order valence-corrected chi connectivity index (χ2v) is 6.85. The topological polar surface area (TPSA) is 289 Å². The molecule has 0 aliphatic carbocycles. The van der Waals surface area contributed by atoms with Gasteiger partial charge in [-0.15, -0.1) is 0 Å². The van der Waals surface area contributed by atoms with Crippen LogP contribution in [0.5, 0.6) is 0 Å². The number of carbonyl (C=O) groups is 7. The van der Waals surface area contributed by atoms with Gasteiger partial charge in [0.1, 0.15) is 18.1 Å². The summed E-state index contributed by atoms with van der Waals surface area (Å²) in [7, 11) is 0. The fourth-order valence-electron chi connectivity index (χ4n) is 2.36. The molecule has 0 aliphatic heterocycles. The Bertz CT molecular complexity index is 772. The van der Waals surface area contributed by atoms with Gasteiger partial charge in [0.15, 0.2) is 0 Å². The van der Waals surface area contributed by atoms with Crippen molar-refractivity contribution in [3.05, 3.63) is 0 Å². The average Bonchev–Trinajstić information content (AvgIpc) is 2.71. The fraction of sp³-hybridized carbons (Fsp3) is 0.588. The van der Waals surface area contributed by atoms with E-state index in [2.05, 4.69) is 5.32 Å². The number of primary amides is 1. The van der Waals surface area contributed by atoms with E-state index in [0.717, 1.165) is 0 Å². The fourth-order valence-corrected chi connectivity index (χ4v) is 2.36. The first-order valence-electron chi connectivity index (χ1n) is 9.50. The van der Waals surface area contributed by atoms with Gasteiger partial charge in [0, 0.05) is 12.8 Å². The summed E-state index contributed by atoms with van der Waals surface area (Å²) in [5.41, 5.74) is 10.5. The third kappa shape index (κ3) is 12.0. The van der Waals surface area contributed by atoms with Crippen LogP contribution in [-0.4, -0.2) is 92.7 Å². The number of hydrogen-bond donors (Lipinski definition) is 9. The first-order chi connectivity index (χ1) is 15.3. The van der Waals surface area contributed by atoms with Crippen molar-refractivity contribution in [2.75, 3.05) is 6.61 Å². The molecule has 4 atom stereocenters. The number of carbonyl (C=O) groups excluding carboxylic acids is 4. The number of nitrogens with one attached hydrogen (secondary N) is 3. The molecule has 0 heterocycles. The lowest BCUT2D eigenvalue weighted by atomic mass is 10.1. The number of nitrogens with two attached hydrogens (primary N) is 2. The molecule has 0 bridgehead atoms. The van der Waals surface area contributed by atoms with Crippen LogP contribution in [0.4, 0.5) is 0 Å². The first kappa shape index (κ1) is 29.2. The third-order valence-corrected chi connectivity index (χ3v) is 4.13. The van der Waals surface area contributed by atoms with E-state index in [0.29, 0.717) is 0 Å². The van der Waals surface area contributed by atoms with Crippen molar-refractivity contribution >= 4 is 41.5 Å². The Morgan fingerprint density at radius 3 is 1.67 bits per heavy atom. The molecule has 0 spiro atoms. The summed E-state index contributed by atoms with van der Waals surface area (Å²) >= 11 is 0. The second kappa shape index (κ2) is 14.3. The maximum absolute atomic E-state index is 12.6. The maximum Gasteiger partial charge on any atom is 0.328 e. The molecule has 0 aromatic carbocycles. The lowest BCUT2D eigenvalue weighted by molar-refractivity contribution is -0.144. The monoisotopic (exact) mass is 477 g/mol. The highest BCUT2D eigenvalue weighted by molar-refractivity contribution is 5.95. The number of aliphatic carboxylic acids is 3. The van der Waals surface area contributed by atoms with Gasteiger partial charge in [-0.2, -0.15) is 0 Å². The van der Waals surface area contributed by atoms with E-state index in [4.69, 9.17) is 31.9 Å². The predicted octanol–water partition coefficient (Wildman–Crippen LogP) is -4.55. The molecule has 16 heteroatoms. The van der Waals surface area contributed by atoms with E-state index in [-0.39, 0.29) is 6.42 Å². The minimum absolute atomic E-state index is 0.302. The van der Waals surface area contributed by atoms with Gasteiger partial charge in [-0.1, -0.05) is 0 Å². The van der Waals surface area contributed by atoms with Crippen molar-refractivity contribution in [1.29, 1.82) is 0 Å². The quantitative estimate of drug-likeness (QED) is 0.101. The summed E-state index contributed by atoms with van der Waals surface area (Å²) in [6.07, 6.45) is -2.54. The zero-order valence-corrected chi connectivity index (χ0v) is 17.4. The van der Waals surface area contributed by atoms with Crippen molar-refractivity contribution in [2.24, 2.45) is 11.5 Å². The van der Waals surface area contributed by atoms with Crippen LogP contribution in [0.3, 0.4) is 0 Å². The Labute approximate surface area is 186 Å². The molecule has 0 rings (SSSR count). The molecule has 11 N–H and O–H groups in total. The molecule has 0 aromatic heterocycles. The SMILES string of the molecule is NC(=O)CCC(NC(=O)C(CC(=O)O)NC(=O)C(N)CCC(=O)O)C(=O)NC(CO)C(=O)O. The van der Waals surface area contributed by atoms with E-state index in [1.165, 1.54) is 0 Å². The van der Waals surface area contributed by atoms with Crippen LogP contribution in [0.15, 0.2) is 0 Å². The van der Waals surface area contributed by atoms with Gasteiger partial charge in [0.05, 0.1) is 19.1 Å². The number of rotatable bonds is 16. The average molecular weight is 477 g/mol. The summed E-state index contributed by atoms with van der Waals surface area (Å²) in [5, 5.41) is 41.7. The van der Waals surface area contributed by atoms with Gasteiger partial charge < -0.3 is 47.8 Å². The lowest BCUT2D eigenvalue weighted by Gasteiger charge is -2.24. The van der Waals surface area contributed by atoms with Crippen molar-refractivity contribution in [3.8, 4) is 0 Å². The molecule has 0 saturated carbocycles. The summed E-state index contributed by atoms with van der Waals surface area (Å²) < 4.78 is 0. The molecular weight excluding hydrogens is 450 g/mol. The van der Waals surface area contributed by atoms with E-state index >= 15 is 0 Å². The number of aliphatic hydroxyl groups excluding tert-OH is 1. The Morgan fingerprint density at radius 1 is 0.697 bits per heavy atom. The predicted molar refractivity (Wildman–Crippen MR) is 106 cm³/mol. The minimum Gasteiger partial charge on any atom is -0.481 e. The number of hydrogen-bond acceptors (Lipinski definition) is 9. The van der Waals surface area contributed by atoms with E-state index in [1.807, 2.05) is 10.6 Å². The van der Waals surface area contributed by atoms with Gasteiger partial charge in [-0.3, -0.25) is 28.8 Å². The van der Waals surface area contributed by atoms with Crippen LogP contribution in [0, 0.1) is 0 Å². The highest BCUT2D eigenvalue weighted by Crippen LogP contribution is 2.03. The Hall–Kier alpha value is -3.79. The van der Waals surface area contributed by atoms with E-state index in [1.54, 1.807) is 0 Å². The van der Waals surface area contributed by atoms with Crippen molar-refractivity contribution < 1.29 is 54.0 Å².